The van der Waals surface area contributed by atoms with E-state index in [1.54, 1.807) is 0 Å². The number of amides is 1. The average molecular weight is 474 g/mol. The minimum Gasteiger partial charge on any atom is -0.494 e. The molecule has 1 aliphatic heterocycles. The van der Waals surface area contributed by atoms with Crippen LogP contribution in [0.4, 0.5) is 0 Å². The summed E-state index contributed by atoms with van der Waals surface area (Å²) < 4.78 is 8.13. The molecule has 5 rings (SSSR count). The van der Waals surface area contributed by atoms with Crippen LogP contribution in [0.25, 0.3) is 16.6 Å². The summed E-state index contributed by atoms with van der Waals surface area (Å²) in [6.45, 7) is 7.46. The summed E-state index contributed by atoms with van der Waals surface area (Å²) in [5, 5.41) is 4.40. The molecule has 1 saturated heterocycles. The number of nitrogens with one attached hydrogen (secondary N) is 1. The SMILES string of the molecule is Cc1ccc2c(c1)cc(C(=O)NC1CCCCC1)n2-c1ccc(OCCCN2CCC[C@H]2C)cc1. The van der Waals surface area contributed by atoms with Crippen LogP contribution in [0.5, 0.6) is 5.75 Å². The quantitative estimate of drug-likeness (QED) is 0.393. The van der Waals surface area contributed by atoms with Crippen LogP contribution < -0.4 is 10.1 Å². The smallest absolute Gasteiger partial charge is 0.268 e. The maximum atomic E-state index is 13.4. The Bertz CT molecular complexity index is 1140. The summed E-state index contributed by atoms with van der Waals surface area (Å²) in [6, 6.07) is 17.6. The first-order valence-corrected chi connectivity index (χ1v) is 13.5. The van der Waals surface area contributed by atoms with Gasteiger partial charge in [0.25, 0.3) is 5.91 Å². The van der Waals surface area contributed by atoms with Crippen molar-refractivity contribution in [2.75, 3.05) is 19.7 Å². The molecule has 0 radical (unpaired) electrons. The Kier molecular flexibility index (Phi) is 7.43. The van der Waals surface area contributed by atoms with Gasteiger partial charge in [0.2, 0.25) is 0 Å². The summed E-state index contributed by atoms with van der Waals surface area (Å²) >= 11 is 0. The zero-order chi connectivity index (χ0) is 24.2. The lowest BCUT2D eigenvalue weighted by Crippen LogP contribution is -2.37. The van der Waals surface area contributed by atoms with Crippen molar-refractivity contribution in [3.05, 3.63) is 59.8 Å². The lowest BCUT2D eigenvalue weighted by atomic mass is 9.95. The van der Waals surface area contributed by atoms with E-state index in [-0.39, 0.29) is 11.9 Å². The van der Waals surface area contributed by atoms with Gasteiger partial charge in [0, 0.05) is 29.7 Å². The number of aryl methyl sites for hydroxylation is 1. The number of likely N-dealkylation sites (tertiary alicyclic amines) is 1. The van der Waals surface area contributed by atoms with E-state index in [2.05, 4.69) is 59.0 Å². The summed E-state index contributed by atoms with van der Waals surface area (Å²) in [6.07, 6.45) is 9.50. The number of carbonyl (C=O) groups is 1. The molecule has 1 saturated carbocycles. The molecule has 1 aliphatic carbocycles. The van der Waals surface area contributed by atoms with Gasteiger partial charge in [-0.05, 0) is 95.0 Å². The zero-order valence-corrected chi connectivity index (χ0v) is 21.3. The van der Waals surface area contributed by atoms with E-state index in [0.29, 0.717) is 11.7 Å². The van der Waals surface area contributed by atoms with Crippen LogP contribution in [0.15, 0.2) is 48.5 Å². The predicted octanol–water partition coefficient (Wildman–Crippen LogP) is 6.25. The molecule has 2 aliphatic rings. The van der Waals surface area contributed by atoms with Gasteiger partial charge in [-0.2, -0.15) is 0 Å². The van der Waals surface area contributed by atoms with Crippen LogP contribution in [0.2, 0.25) is 0 Å². The lowest BCUT2D eigenvalue weighted by Gasteiger charge is -2.23. The van der Waals surface area contributed by atoms with E-state index in [1.165, 1.54) is 44.2 Å². The van der Waals surface area contributed by atoms with Crippen LogP contribution in [-0.2, 0) is 0 Å². The van der Waals surface area contributed by atoms with Crippen LogP contribution in [0.3, 0.4) is 0 Å². The third-order valence-electron chi connectivity index (χ3n) is 7.77. The van der Waals surface area contributed by atoms with Crippen molar-refractivity contribution in [3.63, 3.8) is 0 Å². The Labute approximate surface area is 209 Å². The second-order valence-corrected chi connectivity index (χ2v) is 10.5. The van der Waals surface area contributed by atoms with E-state index in [9.17, 15) is 4.79 Å². The average Bonchev–Trinajstić information content (AvgIpc) is 3.45. The largest absolute Gasteiger partial charge is 0.494 e. The van der Waals surface area contributed by atoms with Crippen molar-refractivity contribution >= 4 is 16.8 Å². The molecule has 35 heavy (non-hydrogen) atoms. The molecule has 5 nitrogen and oxygen atoms in total. The van der Waals surface area contributed by atoms with Crippen LogP contribution in [-0.4, -0.2) is 47.2 Å². The fourth-order valence-electron chi connectivity index (χ4n) is 5.76. The normalized spacial score (nSPS) is 19.3. The monoisotopic (exact) mass is 473 g/mol. The zero-order valence-electron chi connectivity index (χ0n) is 21.3. The Morgan fingerprint density at radius 2 is 1.80 bits per heavy atom. The Morgan fingerprint density at radius 1 is 1.00 bits per heavy atom. The van der Waals surface area contributed by atoms with Crippen molar-refractivity contribution in [1.82, 2.24) is 14.8 Å². The van der Waals surface area contributed by atoms with Crippen LogP contribution in [0.1, 0.15) is 74.3 Å². The Hall–Kier alpha value is -2.79. The molecule has 0 unspecified atom stereocenters. The molecule has 0 spiro atoms. The van der Waals surface area contributed by atoms with Gasteiger partial charge in [-0.15, -0.1) is 0 Å². The van der Waals surface area contributed by atoms with Gasteiger partial charge < -0.3 is 19.5 Å². The third-order valence-corrected chi connectivity index (χ3v) is 7.77. The van der Waals surface area contributed by atoms with Crippen molar-refractivity contribution in [2.24, 2.45) is 0 Å². The summed E-state index contributed by atoms with van der Waals surface area (Å²) in [5.74, 6) is 0.894. The second kappa shape index (κ2) is 10.9. The molecule has 1 aromatic heterocycles. The molecular weight excluding hydrogens is 434 g/mol. The molecule has 1 atom stereocenters. The Balaban J connectivity index is 1.31. The van der Waals surface area contributed by atoms with Gasteiger partial charge in [-0.1, -0.05) is 30.9 Å². The number of aromatic nitrogens is 1. The summed E-state index contributed by atoms with van der Waals surface area (Å²) in [7, 11) is 0. The molecule has 1 amide bonds. The van der Waals surface area contributed by atoms with E-state index in [1.807, 2.05) is 18.2 Å². The highest BCUT2D eigenvalue weighted by Gasteiger charge is 2.22. The lowest BCUT2D eigenvalue weighted by molar-refractivity contribution is 0.0921. The maximum absolute atomic E-state index is 13.4. The van der Waals surface area contributed by atoms with Crippen molar-refractivity contribution in [3.8, 4) is 11.4 Å². The van der Waals surface area contributed by atoms with Crippen LogP contribution in [0, 0.1) is 6.92 Å². The predicted molar refractivity (Wildman–Crippen MR) is 143 cm³/mol. The number of ether oxygens (including phenoxy) is 1. The molecule has 1 N–H and O–H groups in total. The first kappa shape index (κ1) is 23.9. The fraction of sp³-hybridized carbons (Fsp3) is 0.500. The first-order valence-electron chi connectivity index (χ1n) is 13.5. The highest BCUT2D eigenvalue weighted by Crippen LogP contribution is 2.28. The van der Waals surface area contributed by atoms with Crippen LogP contribution >= 0.6 is 0 Å². The van der Waals surface area contributed by atoms with Crippen molar-refractivity contribution in [2.45, 2.75) is 77.3 Å². The van der Waals surface area contributed by atoms with Crippen molar-refractivity contribution < 1.29 is 9.53 Å². The Morgan fingerprint density at radius 3 is 2.54 bits per heavy atom. The second-order valence-electron chi connectivity index (χ2n) is 10.5. The van der Waals surface area contributed by atoms with Crippen molar-refractivity contribution in [1.29, 1.82) is 0 Å². The van der Waals surface area contributed by atoms with Gasteiger partial charge in [0.1, 0.15) is 11.4 Å². The minimum absolute atomic E-state index is 0.0159. The van der Waals surface area contributed by atoms with Gasteiger partial charge in [0.15, 0.2) is 0 Å². The van der Waals surface area contributed by atoms with E-state index < -0.39 is 0 Å². The van der Waals surface area contributed by atoms with Gasteiger partial charge in [-0.3, -0.25) is 4.79 Å². The topological polar surface area (TPSA) is 46.5 Å². The number of benzene rings is 2. The van der Waals surface area contributed by atoms with E-state index in [4.69, 9.17) is 4.74 Å². The summed E-state index contributed by atoms with van der Waals surface area (Å²) in [4.78, 5) is 15.9. The standard InChI is InChI=1S/C30H39N3O2/c1-22-11-16-28-24(20-22)21-29(30(34)31-25-9-4-3-5-10-25)33(28)26-12-14-27(15-13-26)35-19-7-18-32-17-6-8-23(32)2/h11-16,20-21,23,25H,3-10,17-19H2,1-2H3,(H,31,34)/t23-/m1/s1. The number of hydrogen-bond donors (Lipinski definition) is 1. The number of rotatable bonds is 8. The molecular formula is C30H39N3O2. The number of carbonyl (C=O) groups excluding carboxylic acids is 1. The molecule has 0 bridgehead atoms. The third kappa shape index (κ3) is 5.56. The fourth-order valence-corrected chi connectivity index (χ4v) is 5.76. The number of hydrogen-bond acceptors (Lipinski definition) is 3. The molecule has 3 aromatic rings. The highest BCUT2D eigenvalue weighted by atomic mass is 16.5. The molecule has 2 fully saturated rings. The van der Waals surface area contributed by atoms with Gasteiger partial charge in [-0.25, -0.2) is 0 Å². The molecule has 2 heterocycles. The number of fused-ring (bicyclic) bond motifs is 1. The minimum atomic E-state index is 0.0159. The molecule has 2 aromatic carbocycles. The highest BCUT2D eigenvalue weighted by molar-refractivity contribution is 6.00. The maximum Gasteiger partial charge on any atom is 0.268 e. The summed E-state index contributed by atoms with van der Waals surface area (Å²) in [5.41, 5.74) is 3.93. The van der Waals surface area contributed by atoms with Gasteiger partial charge in [0.05, 0.1) is 12.1 Å². The van der Waals surface area contributed by atoms with E-state index >= 15 is 0 Å². The number of nitrogens with zero attached hydrogens (tertiary/aromatic N) is 2. The van der Waals surface area contributed by atoms with E-state index in [0.717, 1.165) is 54.8 Å². The molecule has 186 valence electrons. The first-order chi connectivity index (χ1) is 17.1. The van der Waals surface area contributed by atoms with Gasteiger partial charge >= 0.3 is 0 Å². The molecule has 5 heteroatoms.